The van der Waals surface area contributed by atoms with Crippen molar-refractivity contribution in [3.8, 4) is 0 Å². The third kappa shape index (κ3) is 5.00. The number of amides is 1. The van der Waals surface area contributed by atoms with Crippen molar-refractivity contribution in [1.82, 2.24) is 5.32 Å². The summed E-state index contributed by atoms with van der Waals surface area (Å²) in [4.78, 5) is 26.3. The summed E-state index contributed by atoms with van der Waals surface area (Å²) in [5.41, 5.74) is 2.71. The number of halogens is 3. The first-order valence-electron chi connectivity index (χ1n) is 9.15. The zero-order valence-electron chi connectivity index (χ0n) is 16.0. The average molecular weight is 476 g/mol. The van der Waals surface area contributed by atoms with E-state index in [4.69, 9.17) is 39.5 Å². The second-order valence-electron chi connectivity index (χ2n) is 6.81. The third-order valence-electron chi connectivity index (χ3n) is 4.83. The molecular formula is C20H21Cl3N2O3S. The number of esters is 1. The molecule has 0 radical (unpaired) electrons. The van der Waals surface area contributed by atoms with Gasteiger partial charge in [-0.1, -0.05) is 53.0 Å². The fourth-order valence-corrected chi connectivity index (χ4v) is 4.99. The van der Waals surface area contributed by atoms with Crippen LogP contribution in [0.3, 0.4) is 0 Å². The highest BCUT2D eigenvalue weighted by Gasteiger charge is 2.37. The van der Waals surface area contributed by atoms with Crippen LogP contribution in [-0.4, -0.2) is 28.9 Å². The number of anilines is 1. The third-order valence-corrected chi connectivity index (χ3v) is 6.71. The first-order valence-corrected chi connectivity index (χ1v) is 11.1. The minimum atomic E-state index is -1.85. The smallest absolute Gasteiger partial charge is 0.341 e. The molecule has 0 saturated heterocycles. The standard InChI is InChI=1S/C20H21Cl3N2O3S/c1-11-7-3-4-8-12(11)16(26)24-19(20(21,22)23)25-17-15(18(27)28-2)13-9-5-6-10-14(13)29-17/h3-4,7-8,19,25H,5-6,9-10H2,1-2H3,(H,24,26)/t19-/m1/s1. The van der Waals surface area contributed by atoms with Crippen LogP contribution in [-0.2, 0) is 17.6 Å². The number of fused-ring (bicyclic) bond motifs is 1. The van der Waals surface area contributed by atoms with E-state index >= 15 is 0 Å². The second kappa shape index (κ2) is 9.13. The quantitative estimate of drug-likeness (QED) is 0.352. The maximum absolute atomic E-state index is 12.8. The number of hydrogen-bond acceptors (Lipinski definition) is 5. The zero-order valence-corrected chi connectivity index (χ0v) is 19.1. The summed E-state index contributed by atoms with van der Waals surface area (Å²) in [7, 11) is 1.34. The highest BCUT2D eigenvalue weighted by Crippen LogP contribution is 2.40. The molecule has 2 aromatic rings. The number of ether oxygens (including phenoxy) is 1. The maximum Gasteiger partial charge on any atom is 0.341 e. The predicted octanol–water partition coefficient (Wildman–Crippen LogP) is 5.26. The minimum Gasteiger partial charge on any atom is -0.465 e. The van der Waals surface area contributed by atoms with E-state index in [1.807, 2.05) is 19.1 Å². The lowest BCUT2D eigenvalue weighted by molar-refractivity contribution is 0.0600. The Hall–Kier alpha value is -1.47. The Morgan fingerprint density at radius 2 is 1.86 bits per heavy atom. The van der Waals surface area contributed by atoms with Gasteiger partial charge in [-0.25, -0.2) is 4.79 Å². The molecule has 0 saturated carbocycles. The molecule has 1 heterocycles. The molecular weight excluding hydrogens is 455 g/mol. The average Bonchev–Trinajstić information content (AvgIpc) is 3.04. The number of alkyl halides is 3. The first-order chi connectivity index (χ1) is 13.7. The molecule has 0 aliphatic heterocycles. The van der Waals surface area contributed by atoms with E-state index in [0.29, 0.717) is 16.1 Å². The molecule has 0 bridgehead atoms. The van der Waals surface area contributed by atoms with Crippen LogP contribution < -0.4 is 10.6 Å². The second-order valence-corrected chi connectivity index (χ2v) is 10.3. The summed E-state index contributed by atoms with van der Waals surface area (Å²) in [6, 6.07) is 7.14. The Labute approximate surface area is 188 Å². The molecule has 9 heteroatoms. The lowest BCUT2D eigenvalue weighted by atomic mass is 9.95. The van der Waals surface area contributed by atoms with Crippen LogP contribution in [0.2, 0.25) is 0 Å². The van der Waals surface area contributed by atoms with Gasteiger partial charge in [-0.05, 0) is 49.8 Å². The Balaban J connectivity index is 1.92. The molecule has 1 aromatic carbocycles. The molecule has 0 unspecified atom stereocenters. The van der Waals surface area contributed by atoms with Crippen molar-refractivity contribution < 1.29 is 14.3 Å². The van der Waals surface area contributed by atoms with Gasteiger partial charge in [0.05, 0.1) is 12.7 Å². The molecule has 0 spiro atoms. The van der Waals surface area contributed by atoms with Crippen molar-refractivity contribution in [3.63, 3.8) is 0 Å². The predicted molar refractivity (Wildman–Crippen MR) is 119 cm³/mol. The van der Waals surface area contributed by atoms with Crippen molar-refractivity contribution in [2.75, 3.05) is 12.4 Å². The SMILES string of the molecule is COC(=O)c1c(N[C@@H](NC(=O)c2ccccc2C)C(Cl)(Cl)Cl)sc2c1CCCC2. The summed E-state index contributed by atoms with van der Waals surface area (Å²) in [6.45, 7) is 1.83. The fourth-order valence-electron chi connectivity index (χ4n) is 3.35. The highest BCUT2D eigenvalue weighted by atomic mass is 35.6. The van der Waals surface area contributed by atoms with E-state index in [-0.39, 0.29) is 5.91 Å². The van der Waals surface area contributed by atoms with Crippen LogP contribution in [0, 0.1) is 6.92 Å². The molecule has 5 nitrogen and oxygen atoms in total. The van der Waals surface area contributed by atoms with Gasteiger partial charge in [0.2, 0.25) is 3.79 Å². The minimum absolute atomic E-state index is 0.382. The van der Waals surface area contributed by atoms with Gasteiger partial charge in [-0.3, -0.25) is 4.79 Å². The number of carbonyl (C=O) groups is 2. The van der Waals surface area contributed by atoms with Gasteiger partial charge in [-0.15, -0.1) is 11.3 Å². The van der Waals surface area contributed by atoms with E-state index in [1.165, 1.54) is 18.4 Å². The maximum atomic E-state index is 12.8. The topological polar surface area (TPSA) is 67.4 Å². The molecule has 3 rings (SSSR count). The molecule has 156 valence electrons. The van der Waals surface area contributed by atoms with Crippen LogP contribution in [0.15, 0.2) is 24.3 Å². The number of aryl methyl sites for hydroxylation is 2. The largest absolute Gasteiger partial charge is 0.465 e. The van der Waals surface area contributed by atoms with Gasteiger partial charge in [0.25, 0.3) is 5.91 Å². The van der Waals surface area contributed by atoms with Crippen LogP contribution in [0.5, 0.6) is 0 Å². The van der Waals surface area contributed by atoms with E-state index in [2.05, 4.69) is 10.6 Å². The van der Waals surface area contributed by atoms with E-state index in [9.17, 15) is 9.59 Å². The number of benzene rings is 1. The Bertz CT molecular complexity index is 924. The van der Waals surface area contributed by atoms with Gasteiger partial charge in [0.15, 0.2) is 0 Å². The van der Waals surface area contributed by atoms with Crippen LogP contribution in [0.25, 0.3) is 0 Å². The van der Waals surface area contributed by atoms with Crippen molar-refractivity contribution in [2.45, 2.75) is 42.6 Å². The first kappa shape index (κ1) is 22.2. The lowest BCUT2D eigenvalue weighted by Gasteiger charge is -2.27. The number of nitrogens with one attached hydrogen (secondary N) is 2. The highest BCUT2D eigenvalue weighted by molar-refractivity contribution is 7.16. The summed E-state index contributed by atoms with van der Waals surface area (Å²) >= 11 is 19.9. The Morgan fingerprint density at radius 3 is 2.52 bits per heavy atom. The number of rotatable bonds is 5. The molecule has 2 N–H and O–H groups in total. The molecule has 1 aromatic heterocycles. The number of thiophene rings is 1. The molecule has 29 heavy (non-hydrogen) atoms. The van der Waals surface area contributed by atoms with E-state index in [0.717, 1.165) is 41.7 Å². The van der Waals surface area contributed by atoms with Gasteiger partial charge in [0, 0.05) is 10.4 Å². The van der Waals surface area contributed by atoms with Gasteiger partial charge >= 0.3 is 5.97 Å². The van der Waals surface area contributed by atoms with Crippen LogP contribution in [0.4, 0.5) is 5.00 Å². The molecule has 1 amide bonds. The zero-order chi connectivity index (χ0) is 21.2. The normalized spacial score (nSPS) is 14.7. The summed E-state index contributed by atoms with van der Waals surface area (Å²) in [5.74, 6) is -0.826. The van der Waals surface area contributed by atoms with Crippen molar-refractivity contribution in [2.24, 2.45) is 0 Å². The van der Waals surface area contributed by atoms with Crippen LogP contribution >= 0.6 is 46.1 Å². The summed E-state index contributed by atoms with van der Waals surface area (Å²) in [5, 5.41) is 6.34. The van der Waals surface area contributed by atoms with E-state index in [1.54, 1.807) is 12.1 Å². The Morgan fingerprint density at radius 1 is 1.17 bits per heavy atom. The van der Waals surface area contributed by atoms with Crippen molar-refractivity contribution in [3.05, 3.63) is 51.4 Å². The van der Waals surface area contributed by atoms with Gasteiger partial charge < -0.3 is 15.4 Å². The van der Waals surface area contributed by atoms with Gasteiger partial charge in [-0.2, -0.15) is 0 Å². The van der Waals surface area contributed by atoms with E-state index < -0.39 is 15.9 Å². The van der Waals surface area contributed by atoms with Crippen molar-refractivity contribution in [1.29, 1.82) is 0 Å². The Kier molecular flexibility index (Phi) is 6.99. The summed E-state index contributed by atoms with van der Waals surface area (Å²) < 4.78 is 3.13. The molecule has 1 aliphatic rings. The number of methoxy groups -OCH3 is 1. The fraction of sp³-hybridized carbons (Fsp3) is 0.400. The number of hydrogen-bond donors (Lipinski definition) is 2. The lowest BCUT2D eigenvalue weighted by Crippen LogP contribution is -2.49. The summed E-state index contributed by atoms with van der Waals surface area (Å²) in [6.07, 6.45) is 2.70. The van der Waals surface area contributed by atoms with Gasteiger partial charge in [0.1, 0.15) is 11.2 Å². The molecule has 0 fully saturated rings. The molecule has 1 atom stereocenters. The monoisotopic (exact) mass is 474 g/mol. The van der Waals surface area contributed by atoms with Crippen molar-refractivity contribution >= 4 is 63.0 Å². The number of carbonyl (C=O) groups excluding carboxylic acids is 2. The van der Waals surface area contributed by atoms with Crippen LogP contribution in [0.1, 0.15) is 49.6 Å². The molecule has 1 aliphatic carbocycles.